The van der Waals surface area contributed by atoms with Crippen LogP contribution in [0.5, 0.6) is 0 Å². The van der Waals surface area contributed by atoms with Crippen LogP contribution < -0.4 is 16.4 Å². The molecule has 2 atom stereocenters. The van der Waals surface area contributed by atoms with Crippen molar-refractivity contribution >= 4 is 11.8 Å². The standard InChI is InChI=1S/C12H23N3O2/c1-14-12(17)8-15-11(16)6-5-9-3-2-4-10(13)7-9/h9-10H,2-8,13H2,1H3,(H,14,17)(H,15,16). The summed E-state index contributed by atoms with van der Waals surface area (Å²) in [5.74, 6) is 0.357. The molecule has 4 N–H and O–H groups in total. The fourth-order valence-electron chi connectivity index (χ4n) is 2.29. The molecule has 0 bridgehead atoms. The van der Waals surface area contributed by atoms with Gasteiger partial charge in [-0.2, -0.15) is 0 Å². The normalized spacial score (nSPS) is 24.1. The van der Waals surface area contributed by atoms with Crippen molar-refractivity contribution in [2.75, 3.05) is 13.6 Å². The van der Waals surface area contributed by atoms with E-state index in [4.69, 9.17) is 5.73 Å². The smallest absolute Gasteiger partial charge is 0.239 e. The molecule has 5 heteroatoms. The molecule has 0 aliphatic heterocycles. The Labute approximate surface area is 103 Å². The maximum absolute atomic E-state index is 11.5. The average molecular weight is 241 g/mol. The van der Waals surface area contributed by atoms with E-state index >= 15 is 0 Å². The molecule has 5 nitrogen and oxygen atoms in total. The molecule has 0 heterocycles. The molecule has 1 rings (SSSR count). The van der Waals surface area contributed by atoms with Crippen LogP contribution in [-0.4, -0.2) is 31.4 Å². The SMILES string of the molecule is CNC(=O)CNC(=O)CCC1CCCC(N)C1. The highest BCUT2D eigenvalue weighted by atomic mass is 16.2. The minimum atomic E-state index is -0.168. The molecule has 0 radical (unpaired) electrons. The Morgan fingerprint density at radius 1 is 1.29 bits per heavy atom. The van der Waals surface area contributed by atoms with Crippen LogP contribution in [0.4, 0.5) is 0 Å². The van der Waals surface area contributed by atoms with E-state index in [9.17, 15) is 9.59 Å². The summed E-state index contributed by atoms with van der Waals surface area (Å²) < 4.78 is 0. The van der Waals surface area contributed by atoms with Gasteiger partial charge in [0, 0.05) is 19.5 Å². The lowest BCUT2D eigenvalue weighted by atomic mass is 9.83. The van der Waals surface area contributed by atoms with Gasteiger partial charge in [0.1, 0.15) is 0 Å². The summed E-state index contributed by atoms with van der Waals surface area (Å²) in [5.41, 5.74) is 5.89. The Bertz CT molecular complexity index is 268. The number of hydrogen-bond donors (Lipinski definition) is 3. The zero-order chi connectivity index (χ0) is 12.7. The molecular formula is C12H23N3O2. The van der Waals surface area contributed by atoms with Crippen molar-refractivity contribution in [2.45, 2.75) is 44.6 Å². The van der Waals surface area contributed by atoms with E-state index < -0.39 is 0 Å². The Kier molecular flexibility index (Phi) is 5.97. The molecule has 0 aromatic carbocycles. The summed E-state index contributed by atoms with van der Waals surface area (Å²) in [4.78, 5) is 22.4. The highest BCUT2D eigenvalue weighted by Gasteiger charge is 2.19. The molecule has 0 aromatic rings. The third-order valence-electron chi connectivity index (χ3n) is 3.33. The van der Waals surface area contributed by atoms with E-state index in [0.29, 0.717) is 18.4 Å². The predicted molar refractivity (Wildman–Crippen MR) is 66.2 cm³/mol. The van der Waals surface area contributed by atoms with Gasteiger partial charge in [-0.3, -0.25) is 9.59 Å². The van der Waals surface area contributed by atoms with E-state index in [1.807, 2.05) is 0 Å². The first-order valence-electron chi connectivity index (χ1n) is 6.34. The minimum absolute atomic E-state index is 0.0484. The van der Waals surface area contributed by atoms with Gasteiger partial charge in [-0.15, -0.1) is 0 Å². The maximum Gasteiger partial charge on any atom is 0.239 e. The van der Waals surface area contributed by atoms with Crippen molar-refractivity contribution in [1.82, 2.24) is 10.6 Å². The number of likely N-dealkylation sites (N-methyl/N-ethyl adjacent to an activating group) is 1. The fraction of sp³-hybridized carbons (Fsp3) is 0.833. The van der Waals surface area contributed by atoms with Gasteiger partial charge in [0.05, 0.1) is 6.54 Å². The van der Waals surface area contributed by atoms with Gasteiger partial charge in [-0.25, -0.2) is 0 Å². The van der Waals surface area contributed by atoms with E-state index in [-0.39, 0.29) is 18.4 Å². The number of carbonyl (C=O) groups excluding carboxylic acids is 2. The van der Waals surface area contributed by atoms with Crippen molar-refractivity contribution in [3.63, 3.8) is 0 Å². The molecule has 1 aliphatic carbocycles. The van der Waals surface area contributed by atoms with Crippen molar-refractivity contribution in [3.8, 4) is 0 Å². The third kappa shape index (κ3) is 5.68. The first kappa shape index (κ1) is 14.0. The summed E-state index contributed by atoms with van der Waals surface area (Å²) in [5, 5.41) is 5.06. The Hall–Kier alpha value is -1.10. The Morgan fingerprint density at radius 3 is 2.71 bits per heavy atom. The van der Waals surface area contributed by atoms with Crippen LogP contribution in [0.25, 0.3) is 0 Å². The van der Waals surface area contributed by atoms with Gasteiger partial charge in [0.2, 0.25) is 11.8 Å². The number of nitrogens with one attached hydrogen (secondary N) is 2. The van der Waals surface area contributed by atoms with Crippen LogP contribution in [0.1, 0.15) is 38.5 Å². The second-order valence-corrected chi connectivity index (χ2v) is 4.78. The molecule has 1 fully saturated rings. The first-order chi connectivity index (χ1) is 8.11. The molecule has 0 saturated heterocycles. The largest absolute Gasteiger partial charge is 0.358 e. The molecule has 1 saturated carbocycles. The van der Waals surface area contributed by atoms with Crippen LogP contribution in [-0.2, 0) is 9.59 Å². The summed E-state index contributed by atoms with van der Waals surface area (Å²) in [6.45, 7) is 0.0690. The molecule has 0 spiro atoms. The van der Waals surface area contributed by atoms with Crippen molar-refractivity contribution in [1.29, 1.82) is 0 Å². The maximum atomic E-state index is 11.5. The monoisotopic (exact) mass is 241 g/mol. The molecule has 1 aliphatic rings. The average Bonchev–Trinajstić information content (AvgIpc) is 2.33. The predicted octanol–water partition coefficient (Wildman–Crippen LogP) is 0.146. The van der Waals surface area contributed by atoms with Gasteiger partial charge in [0.15, 0.2) is 0 Å². The van der Waals surface area contributed by atoms with Crippen LogP contribution in [0.3, 0.4) is 0 Å². The molecule has 98 valence electrons. The molecule has 17 heavy (non-hydrogen) atoms. The minimum Gasteiger partial charge on any atom is -0.358 e. The van der Waals surface area contributed by atoms with Crippen LogP contribution in [0.2, 0.25) is 0 Å². The third-order valence-corrected chi connectivity index (χ3v) is 3.33. The fourth-order valence-corrected chi connectivity index (χ4v) is 2.29. The van der Waals surface area contributed by atoms with E-state index in [1.165, 1.54) is 12.8 Å². The molecule has 0 aromatic heterocycles. The van der Waals surface area contributed by atoms with Crippen molar-refractivity contribution in [2.24, 2.45) is 11.7 Å². The number of hydrogen-bond acceptors (Lipinski definition) is 3. The Morgan fingerprint density at radius 2 is 2.06 bits per heavy atom. The number of rotatable bonds is 5. The van der Waals surface area contributed by atoms with Gasteiger partial charge >= 0.3 is 0 Å². The zero-order valence-corrected chi connectivity index (χ0v) is 10.5. The van der Waals surface area contributed by atoms with Gasteiger partial charge < -0.3 is 16.4 Å². The van der Waals surface area contributed by atoms with Crippen molar-refractivity contribution < 1.29 is 9.59 Å². The molecule has 2 unspecified atom stereocenters. The van der Waals surface area contributed by atoms with Crippen LogP contribution in [0.15, 0.2) is 0 Å². The highest BCUT2D eigenvalue weighted by molar-refractivity contribution is 5.84. The first-order valence-corrected chi connectivity index (χ1v) is 6.34. The molecule has 2 amide bonds. The van der Waals surface area contributed by atoms with E-state index in [0.717, 1.165) is 19.3 Å². The lowest BCUT2D eigenvalue weighted by molar-refractivity contribution is -0.126. The van der Waals surface area contributed by atoms with Crippen LogP contribution >= 0.6 is 0 Å². The van der Waals surface area contributed by atoms with Gasteiger partial charge in [-0.1, -0.05) is 12.8 Å². The summed E-state index contributed by atoms with van der Waals surface area (Å²) in [7, 11) is 1.55. The second-order valence-electron chi connectivity index (χ2n) is 4.78. The zero-order valence-electron chi connectivity index (χ0n) is 10.5. The molecular weight excluding hydrogens is 218 g/mol. The van der Waals surface area contributed by atoms with E-state index in [1.54, 1.807) is 7.05 Å². The topological polar surface area (TPSA) is 84.2 Å². The Balaban J connectivity index is 2.12. The number of nitrogens with two attached hydrogens (primary N) is 1. The summed E-state index contributed by atoms with van der Waals surface area (Å²) in [6, 6.07) is 0.308. The lowest BCUT2D eigenvalue weighted by Gasteiger charge is -2.26. The second kappa shape index (κ2) is 7.27. The quantitative estimate of drug-likeness (QED) is 0.640. The number of carbonyl (C=O) groups is 2. The highest BCUT2D eigenvalue weighted by Crippen LogP contribution is 2.26. The lowest BCUT2D eigenvalue weighted by Crippen LogP contribution is -2.35. The van der Waals surface area contributed by atoms with Crippen molar-refractivity contribution in [3.05, 3.63) is 0 Å². The van der Waals surface area contributed by atoms with Gasteiger partial charge in [-0.05, 0) is 25.2 Å². The summed E-state index contributed by atoms with van der Waals surface area (Å²) in [6.07, 6.45) is 5.87. The van der Waals surface area contributed by atoms with E-state index in [2.05, 4.69) is 10.6 Å². The van der Waals surface area contributed by atoms with Gasteiger partial charge in [0.25, 0.3) is 0 Å². The summed E-state index contributed by atoms with van der Waals surface area (Å²) >= 11 is 0. The number of amides is 2. The van der Waals surface area contributed by atoms with Crippen LogP contribution in [0, 0.1) is 5.92 Å².